The number of fused-ring (bicyclic) bond motifs is 10. The summed E-state index contributed by atoms with van der Waals surface area (Å²) in [6.07, 6.45) is 6.62. The molecule has 0 radical (unpaired) electrons. The topological polar surface area (TPSA) is 254 Å². The number of rotatable bonds is 17. The monoisotopic (exact) mass is 1120 g/mol. The molecule has 1 spiro atoms. The number of aliphatic hydroxyl groups excluding tert-OH is 1. The van der Waals surface area contributed by atoms with Crippen molar-refractivity contribution >= 4 is 43.7 Å². The van der Waals surface area contributed by atoms with Crippen molar-refractivity contribution in [1.29, 1.82) is 0 Å². The Morgan fingerprint density at radius 3 is 2.29 bits per heavy atom. The van der Waals surface area contributed by atoms with E-state index in [1.807, 2.05) is 85.8 Å². The third-order valence-electron chi connectivity index (χ3n) is 18.9. The van der Waals surface area contributed by atoms with Crippen molar-refractivity contribution in [1.82, 2.24) is 16.0 Å². The van der Waals surface area contributed by atoms with Crippen LogP contribution < -0.4 is 25.6 Å². The lowest BCUT2D eigenvalue weighted by atomic mass is 9.46. The van der Waals surface area contributed by atoms with Crippen LogP contribution in [0, 0.1) is 34.0 Å². The molecule has 19 heteroatoms. The smallest absolute Gasteiger partial charge is 0.488 e. The number of allylic oxidation sites excluding steroid dienone is 4. The zero-order valence-electron chi connectivity index (χ0n) is 45.7. The second-order valence-electron chi connectivity index (χ2n) is 24.9. The van der Waals surface area contributed by atoms with Gasteiger partial charge in [0.1, 0.15) is 30.5 Å². The fraction of sp³-hybridized carbons (Fsp3) is 0.541. The normalized spacial score (nSPS) is 32.9. The number of alkyl carbamates (subject to hydrolysis) is 1. The van der Waals surface area contributed by atoms with Crippen molar-refractivity contribution < 1.29 is 71.5 Å². The predicted octanol–water partition coefficient (Wildman–Crippen LogP) is 7.28. The molecule has 3 aromatic rings. The highest BCUT2D eigenvalue weighted by Gasteiger charge is 2.76. The van der Waals surface area contributed by atoms with Crippen LogP contribution in [0.15, 0.2) is 96.6 Å². The van der Waals surface area contributed by atoms with Crippen molar-refractivity contribution in [3.05, 3.63) is 113 Å². The quantitative estimate of drug-likeness (QED) is 0.0765. The molecule has 424 valence electrons. The zero-order valence-corrected chi connectivity index (χ0v) is 46.6. The number of Topliss-reactive ketones (excluding diaryl/α,β-unsaturated/α-hetero) is 1. The van der Waals surface area contributed by atoms with Gasteiger partial charge in [-0.2, -0.15) is 0 Å². The number of hydrogen-bond acceptors (Lipinski definition) is 15. The fourth-order valence-corrected chi connectivity index (χ4v) is 15.7. The molecule has 0 bridgehead atoms. The Kier molecular flexibility index (Phi) is 14.9. The first-order valence-corrected chi connectivity index (χ1v) is 29.1. The van der Waals surface area contributed by atoms with Crippen LogP contribution in [-0.4, -0.2) is 102 Å². The van der Waals surface area contributed by atoms with Gasteiger partial charge in [-0.05, 0) is 147 Å². The van der Waals surface area contributed by atoms with Crippen molar-refractivity contribution in [2.24, 2.45) is 34.0 Å². The van der Waals surface area contributed by atoms with Gasteiger partial charge in [-0.15, -0.1) is 4.52 Å². The Labute approximate surface area is 466 Å². The molecule has 1 heterocycles. The van der Waals surface area contributed by atoms with Crippen molar-refractivity contribution in [3.8, 4) is 16.9 Å². The molecular formula is C61H70N3O15P. The van der Waals surface area contributed by atoms with Gasteiger partial charge in [0.15, 0.2) is 30.1 Å². The molecule has 6 fully saturated rings. The Bertz CT molecular complexity index is 3000. The molecule has 18 nitrogen and oxygen atoms in total. The van der Waals surface area contributed by atoms with Gasteiger partial charge in [0.05, 0.1) is 18.3 Å². The van der Waals surface area contributed by atoms with Gasteiger partial charge in [0.2, 0.25) is 11.8 Å². The van der Waals surface area contributed by atoms with E-state index >= 15 is 0 Å². The summed E-state index contributed by atoms with van der Waals surface area (Å²) in [6, 6.07) is 22.0. The zero-order chi connectivity index (χ0) is 56.5. The molecule has 7 aliphatic carbocycles. The van der Waals surface area contributed by atoms with Crippen molar-refractivity contribution in [2.75, 3.05) is 19.8 Å². The minimum atomic E-state index is -3.32. The van der Waals surface area contributed by atoms with Crippen molar-refractivity contribution in [3.63, 3.8) is 0 Å². The maximum Gasteiger partial charge on any atom is 0.488 e. The van der Waals surface area contributed by atoms with E-state index in [2.05, 4.69) is 22.9 Å². The number of benzene rings is 3. The Morgan fingerprint density at radius 2 is 1.61 bits per heavy atom. The number of carbonyl (C=O) groups excluding carboxylic acids is 6. The van der Waals surface area contributed by atoms with E-state index in [1.165, 1.54) is 0 Å². The second kappa shape index (κ2) is 21.3. The molecule has 11 rings (SSSR count). The van der Waals surface area contributed by atoms with Gasteiger partial charge < -0.3 is 49.6 Å². The molecule has 80 heavy (non-hydrogen) atoms. The number of carbonyl (C=O) groups is 6. The number of esters is 1. The average molecular weight is 1120 g/mol. The summed E-state index contributed by atoms with van der Waals surface area (Å²) in [7, 11) is -3.32. The SMILES string of the molecule is CC(C)(C)OC(=O)CC[C@H](NC(=O)CNC(=O)OCC1c2ccccc2-c2ccccc21)C(=O)NC1CC2(C1)CC(Oc1ccc([C@@H]3O[C@@H]4C[C@H]5[C@@H]6CCC7=CC(=O)C=C[C@]7(C)[C@H]6[C@@H](O)C[C@]5(C)[C@]4(C(=O)CO[P+](=O)[O-])O3)cc1)C2. The first kappa shape index (κ1) is 55.8. The highest BCUT2D eigenvalue weighted by Crippen LogP contribution is 2.71. The van der Waals surface area contributed by atoms with E-state index < -0.39 is 97.6 Å². The number of ether oxygens (including phenoxy) is 5. The lowest BCUT2D eigenvalue weighted by Crippen LogP contribution is -2.63. The van der Waals surface area contributed by atoms with Gasteiger partial charge in [-0.3, -0.25) is 24.0 Å². The van der Waals surface area contributed by atoms with Crippen LogP contribution in [0.3, 0.4) is 0 Å². The van der Waals surface area contributed by atoms with Crippen LogP contribution in [0.1, 0.15) is 128 Å². The molecule has 4 N–H and O–H groups in total. The van der Waals surface area contributed by atoms with Gasteiger partial charge >= 0.3 is 20.3 Å². The minimum Gasteiger partial charge on any atom is -0.566 e. The van der Waals surface area contributed by atoms with E-state index in [1.54, 1.807) is 32.9 Å². The molecule has 11 atom stereocenters. The number of amides is 3. The van der Waals surface area contributed by atoms with E-state index in [4.69, 9.17) is 28.2 Å². The molecule has 1 aliphatic heterocycles. The number of nitrogens with one attached hydrogen (secondary N) is 3. The summed E-state index contributed by atoms with van der Waals surface area (Å²) in [5.74, 6) is -2.06. The second-order valence-corrected chi connectivity index (χ2v) is 25.6. The lowest BCUT2D eigenvalue weighted by Gasteiger charge is -2.59. The van der Waals surface area contributed by atoms with E-state index in [0.29, 0.717) is 43.4 Å². The van der Waals surface area contributed by atoms with Gasteiger partial charge in [-0.25, -0.2) is 4.79 Å². The summed E-state index contributed by atoms with van der Waals surface area (Å²) >= 11 is 0. The Balaban J connectivity index is 0.669. The standard InChI is InChI=1S/C61H70N3O15P/c1-57(2,3)78-52(69)21-20-47(64-51(68)31-62-56(71)74-32-45-42-12-8-6-10-40(42)41-11-7-9-13-43(41)45)54(70)63-36-26-60(27-36)28-39(29-60)76-38-17-14-34(15-18-38)55-77-50-25-46-44-19-16-35-24-37(65)22-23-58(35,4)53(44)48(66)30-59(46,5)61(50,79-55)49(67)33-75-80(72)73/h6-15,17-18,22-24,36,39,44-48,50,53,55,66H,16,19-21,25-33H2,1-5H3,(H,62,71)(H,63,70)(H,64,68)/t36?,39?,44-,46-,47-,48-,50+,53+,55+,58-,59-,60?,61+/m0/s1. The molecule has 3 aromatic carbocycles. The van der Waals surface area contributed by atoms with Crippen LogP contribution in [0.5, 0.6) is 5.75 Å². The highest BCUT2D eigenvalue weighted by molar-refractivity contribution is 7.30. The molecule has 0 aromatic heterocycles. The maximum atomic E-state index is 14.4. The van der Waals surface area contributed by atoms with Gasteiger partial charge in [0, 0.05) is 40.7 Å². The van der Waals surface area contributed by atoms with Crippen LogP contribution in [0.4, 0.5) is 4.79 Å². The first-order valence-electron chi connectivity index (χ1n) is 28.0. The fourth-order valence-electron chi connectivity index (χ4n) is 15.5. The molecular weight excluding hydrogens is 1050 g/mol. The molecule has 1 unspecified atom stereocenters. The Morgan fingerprint density at radius 1 is 0.925 bits per heavy atom. The summed E-state index contributed by atoms with van der Waals surface area (Å²) in [5.41, 5.74) is 2.09. The molecule has 3 amide bonds. The number of aliphatic hydroxyl groups is 1. The Hall–Kier alpha value is -6.14. The minimum absolute atomic E-state index is 0.0174. The summed E-state index contributed by atoms with van der Waals surface area (Å²) in [4.78, 5) is 91.0. The molecule has 1 saturated heterocycles. The average Bonchev–Trinajstić information content (AvgIpc) is 4.22. The highest BCUT2D eigenvalue weighted by atomic mass is 31.1. The van der Waals surface area contributed by atoms with Gasteiger partial charge in [-0.1, -0.05) is 86.2 Å². The summed E-state index contributed by atoms with van der Waals surface area (Å²) in [6.45, 7) is 8.17. The molecule has 8 aliphatic rings. The predicted molar refractivity (Wildman–Crippen MR) is 287 cm³/mol. The van der Waals surface area contributed by atoms with E-state index in [0.717, 1.165) is 40.7 Å². The molecule has 5 saturated carbocycles. The number of ketones is 2. The van der Waals surface area contributed by atoms with Gasteiger partial charge in [0.25, 0.3) is 0 Å². The van der Waals surface area contributed by atoms with Crippen LogP contribution in [0.2, 0.25) is 0 Å². The summed E-state index contributed by atoms with van der Waals surface area (Å²) in [5, 5.41) is 20.3. The van der Waals surface area contributed by atoms with Crippen LogP contribution in [0.25, 0.3) is 11.1 Å². The van der Waals surface area contributed by atoms with E-state index in [-0.39, 0.29) is 72.9 Å². The third kappa shape index (κ3) is 10.3. The maximum absolute atomic E-state index is 14.4. The van der Waals surface area contributed by atoms with Crippen LogP contribution in [-0.2, 0) is 52.0 Å². The first-order chi connectivity index (χ1) is 38.1. The largest absolute Gasteiger partial charge is 0.566 e. The third-order valence-corrected chi connectivity index (χ3v) is 19.2. The lowest BCUT2D eigenvalue weighted by molar-refractivity contribution is -0.204. The summed E-state index contributed by atoms with van der Waals surface area (Å²) < 4.78 is 47.5. The van der Waals surface area contributed by atoms with Crippen LogP contribution >= 0.6 is 8.25 Å². The number of hydrogen-bond donors (Lipinski definition) is 4. The van der Waals surface area contributed by atoms with E-state index in [9.17, 15) is 43.3 Å². The van der Waals surface area contributed by atoms with Crippen molar-refractivity contribution in [2.45, 2.75) is 153 Å².